The van der Waals surface area contributed by atoms with Crippen molar-refractivity contribution in [3.05, 3.63) is 6.07 Å². The van der Waals surface area contributed by atoms with Crippen molar-refractivity contribution in [1.29, 1.82) is 0 Å². The molecule has 0 radical (unpaired) electrons. The Morgan fingerprint density at radius 3 is 2.28 bits per heavy atom. The number of carbonyl (C=O) groups excluding carboxylic acids is 1. The van der Waals surface area contributed by atoms with Gasteiger partial charge in [0.1, 0.15) is 16.5 Å². The van der Waals surface area contributed by atoms with Gasteiger partial charge in [-0.2, -0.15) is 9.97 Å². The van der Waals surface area contributed by atoms with Crippen LogP contribution in [0.1, 0.15) is 6.92 Å². The summed E-state index contributed by atoms with van der Waals surface area (Å²) < 4.78 is 11.0. The van der Waals surface area contributed by atoms with Crippen molar-refractivity contribution in [2.45, 2.75) is 17.0 Å². The fourth-order valence-corrected chi connectivity index (χ4v) is 3.65. The maximum absolute atomic E-state index is 11.3. The second kappa shape index (κ2) is 9.09. The number of piperazine rings is 1. The third-order valence-electron chi connectivity index (χ3n) is 4.19. The third-order valence-corrected chi connectivity index (χ3v) is 5.11. The Balaban J connectivity index is 1.93. The number of carbonyl (C=O) groups is 1. The number of rotatable bonds is 6. The molecule has 1 aliphatic heterocycles. The van der Waals surface area contributed by atoms with Gasteiger partial charge in [0, 0.05) is 39.2 Å². The quantitative estimate of drug-likeness (QED) is 0.641. The average Bonchev–Trinajstić information content (AvgIpc) is 2.67. The Kier molecular flexibility index (Phi) is 6.54. The van der Waals surface area contributed by atoms with Crippen LogP contribution in [0.2, 0.25) is 0 Å². The van der Waals surface area contributed by atoms with Crippen LogP contribution in [-0.4, -0.2) is 78.2 Å². The highest BCUT2D eigenvalue weighted by molar-refractivity contribution is 7.99. The number of aromatic nitrogens is 4. The summed E-state index contributed by atoms with van der Waals surface area (Å²) in [6.45, 7) is 4.87. The summed E-state index contributed by atoms with van der Waals surface area (Å²) in [4.78, 5) is 33.8. The van der Waals surface area contributed by atoms with E-state index in [2.05, 4.69) is 42.1 Å². The van der Waals surface area contributed by atoms with E-state index in [-0.39, 0.29) is 11.7 Å². The second-order valence-corrected chi connectivity index (χ2v) is 7.38. The molecule has 3 heterocycles. The van der Waals surface area contributed by atoms with Gasteiger partial charge in [-0.15, -0.1) is 0 Å². The molecule has 0 spiro atoms. The van der Waals surface area contributed by atoms with Crippen molar-refractivity contribution >= 4 is 35.3 Å². The number of ether oxygens (including phenoxy) is 2. The number of amides is 1. The zero-order chi connectivity index (χ0) is 21.0. The zero-order valence-electron chi connectivity index (χ0n) is 16.8. The van der Waals surface area contributed by atoms with Crippen LogP contribution in [0, 0.1) is 0 Å². The molecule has 0 atom stereocenters. The molecule has 3 N–H and O–H groups in total. The number of nitrogens with one attached hydrogen (secondary N) is 1. The predicted molar refractivity (Wildman–Crippen MR) is 110 cm³/mol. The number of nitrogens with two attached hydrogens (primary N) is 1. The molecule has 3 rings (SSSR count). The number of hydrogen-bond acceptors (Lipinski definition) is 11. The number of nitrogens with zero attached hydrogens (tertiary/aromatic N) is 6. The molecule has 2 aromatic heterocycles. The monoisotopic (exact) mass is 420 g/mol. The highest BCUT2D eigenvalue weighted by atomic mass is 32.2. The molecule has 11 nitrogen and oxygen atoms in total. The van der Waals surface area contributed by atoms with Crippen molar-refractivity contribution in [2.24, 2.45) is 0 Å². The van der Waals surface area contributed by atoms with E-state index in [9.17, 15) is 4.79 Å². The van der Waals surface area contributed by atoms with Crippen molar-refractivity contribution in [2.75, 3.05) is 63.4 Å². The van der Waals surface area contributed by atoms with Crippen molar-refractivity contribution < 1.29 is 14.3 Å². The lowest BCUT2D eigenvalue weighted by Gasteiger charge is -2.32. The highest BCUT2D eigenvalue weighted by Gasteiger charge is 2.23. The molecule has 156 valence electrons. The average molecular weight is 420 g/mol. The van der Waals surface area contributed by atoms with Gasteiger partial charge in [-0.1, -0.05) is 0 Å². The Morgan fingerprint density at radius 1 is 1.10 bits per heavy atom. The smallest absolute Gasteiger partial charge is 0.236 e. The zero-order valence-corrected chi connectivity index (χ0v) is 17.6. The van der Waals surface area contributed by atoms with Crippen LogP contribution in [-0.2, 0) is 4.79 Å². The molecule has 0 aliphatic carbocycles. The van der Waals surface area contributed by atoms with Crippen molar-refractivity contribution in [1.82, 2.24) is 24.8 Å². The van der Waals surface area contributed by atoms with Crippen LogP contribution >= 0.6 is 11.8 Å². The second-order valence-electron chi connectivity index (χ2n) is 6.41. The summed E-state index contributed by atoms with van der Waals surface area (Å²) in [5.74, 6) is 1.52. The molecule has 0 bridgehead atoms. The van der Waals surface area contributed by atoms with Gasteiger partial charge < -0.3 is 30.3 Å². The molecule has 1 saturated heterocycles. The lowest BCUT2D eigenvalue weighted by atomic mass is 10.3. The van der Waals surface area contributed by atoms with E-state index in [0.29, 0.717) is 33.6 Å². The van der Waals surface area contributed by atoms with Gasteiger partial charge in [0.25, 0.3) is 0 Å². The van der Waals surface area contributed by atoms with E-state index < -0.39 is 0 Å². The van der Waals surface area contributed by atoms with E-state index in [1.54, 1.807) is 0 Å². The molecule has 2 aromatic rings. The maximum Gasteiger partial charge on any atom is 0.236 e. The van der Waals surface area contributed by atoms with Crippen LogP contribution in [0.4, 0.5) is 17.6 Å². The fraction of sp³-hybridized carbons (Fsp3) is 0.471. The molecule has 0 unspecified atom stereocenters. The van der Waals surface area contributed by atoms with Crippen molar-refractivity contribution in [3.8, 4) is 11.8 Å². The van der Waals surface area contributed by atoms with Crippen LogP contribution < -0.4 is 25.4 Å². The number of hydrogen-bond donors (Lipinski definition) is 2. The molecular formula is C17H24N8O3S. The first-order valence-corrected chi connectivity index (χ1v) is 9.74. The summed E-state index contributed by atoms with van der Waals surface area (Å²) in [7, 11) is 5.14. The van der Waals surface area contributed by atoms with Crippen molar-refractivity contribution in [3.63, 3.8) is 0 Å². The third kappa shape index (κ3) is 5.15. The molecule has 0 saturated carbocycles. The minimum absolute atomic E-state index is 0.221. The summed E-state index contributed by atoms with van der Waals surface area (Å²) in [5, 5.41) is 2.90. The van der Waals surface area contributed by atoms with Crippen LogP contribution in [0.15, 0.2) is 16.1 Å². The molecule has 1 amide bonds. The first-order valence-electron chi connectivity index (χ1n) is 8.93. The largest absolute Gasteiger partial charge is 0.480 e. The van der Waals surface area contributed by atoms with Crippen LogP contribution in [0.5, 0.6) is 11.8 Å². The van der Waals surface area contributed by atoms with Gasteiger partial charge in [0.05, 0.1) is 14.2 Å². The standard InChI is InChI=1S/C17H24N8O3S/c1-10(26)19-12-9-11(18)20-17(21-12)29-13-14(27-3)22-16(23-15(13)28-4)25-7-5-24(2)6-8-25/h9H,5-8H2,1-4H3,(H3,18,19,20,21,26). The Labute approximate surface area is 173 Å². The summed E-state index contributed by atoms with van der Waals surface area (Å²) in [5.41, 5.74) is 5.84. The van der Waals surface area contributed by atoms with Crippen LogP contribution in [0.3, 0.4) is 0 Å². The lowest BCUT2D eigenvalue weighted by Crippen LogP contribution is -2.45. The number of likely N-dealkylation sites (N-methyl/N-ethyl adjacent to an activating group) is 1. The number of methoxy groups -OCH3 is 2. The lowest BCUT2D eigenvalue weighted by molar-refractivity contribution is -0.114. The molecule has 12 heteroatoms. The van der Waals surface area contributed by atoms with E-state index in [1.807, 2.05) is 0 Å². The predicted octanol–water partition coefficient (Wildman–Crippen LogP) is 0.727. The number of nitrogen functional groups attached to an aromatic ring is 1. The summed E-state index contributed by atoms with van der Waals surface area (Å²) in [6, 6.07) is 1.48. The Morgan fingerprint density at radius 2 is 1.72 bits per heavy atom. The maximum atomic E-state index is 11.3. The van der Waals surface area contributed by atoms with E-state index >= 15 is 0 Å². The minimum atomic E-state index is -0.255. The van der Waals surface area contributed by atoms with E-state index in [4.69, 9.17) is 15.2 Å². The van der Waals surface area contributed by atoms with E-state index in [0.717, 1.165) is 37.9 Å². The fourth-order valence-electron chi connectivity index (χ4n) is 2.74. The minimum Gasteiger partial charge on any atom is -0.480 e. The molecule has 29 heavy (non-hydrogen) atoms. The Hall–Kier alpha value is -2.86. The first-order chi connectivity index (χ1) is 13.9. The highest BCUT2D eigenvalue weighted by Crippen LogP contribution is 2.40. The normalized spacial score (nSPS) is 14.6. The summed E-state index contributed by atoms with van der Waals surface area (Å²) in [6.07, 6.45) is 0. The molecule has 1 fully saturated rings. The van der Waals surface area contributed by atoms with Gasteiger partial charge in [-0.25, -0.2) is 9.97 Å². The van der Waals surface area contributed by atoms with Gasteiger partial charge >= 0.3 is 0 Å². The van der Waals surface area contributed by atoms with Gasteiger partial charge in [0.15, 0.2) is 5.16 Å². The molecular weight excluding hydrogens is 396 g/mol. The topological polar surface area (TPSA) is 132 Å². The van der Waals surface area contributed by atoms with Gasteiger partial charge in [-0.3, -0.25) is 4.79 Å². The SMILES string of the molecule is COc1nc(N2CCN(C)CC2)nc(OC)c1Sc1nc(N)cc(NC(C)=O)n1. The first kappa shape index (κ1) is 20.9. The Bertz CT molecular complexity index is 864. The molecule has 0 aromatic carbocycles. The number of anilines is 3. The van der Waals surface area contributed by atoms with Gasteiger partial charge in [-0.05, 0) is 18.8 Å². The van der Waals surface area contributed by atoms with E-state index in [1.165, 1.54) is 27.2 Å². The van der Waals surface area contributed by atoms with Gasteiger partial charge in [0.2, 0.25) is 23.6 Å². The van der Waals surface area contributed by atoms with Crippen LogP contribution in [0.25, 0.3) is 0 Å². The summed E-state index contributed by atoms with van der Waals surface area (Å²) >= 11 is 1.15. The molecule has 1 aliphatic rings.